The van der Waals surface area contributed by atoms with Crippen LogP contribution in [-0.2, 0) is 14.4 Å². The van der Waals surface area contributed by atoms with Crippen LogP contribution in [0, 0.1) is 12.7 Å². The second kappa shape index (κ2) is 11.7. The van der Waals surface area contributed by atoms with Gasteiger partial charge in [-0.15, -0.1) is 0 Å². The second-order valence-corrected chi connectivity index (χ2v) is 9.19. The predicted octanol–water partition coefficient (Wildman–Crippen LogP) is 4.45. The minimum Gasteiger partial charge on any atom is -0.483 e. The maximum absolute atomic E-state index is 13.0. The van der Waals surface area contributed by atoms with Crippen molar-refractivity contribution in [1.29, 1.82) is 0 Å². The maximum atomic E-state index is 13.0. The highest BCUT2D eigenvalue weighted by Crippen LogP contribution is 2.27. The molecule has 0 spiro atoms. The van der Waals surface area contributed by atoms with Crippen molar-refractivity contribution < 1.29 is 28.3 Å². The quantitative estimate of drug-likeness (QED) is 0.269. The molecule has 4 rings (SSSR count). The largest absolute Gasteiger partial charge is 0.483 e. The lowest BCUT2D eigenvalue weighted by Gasteiger charge is -2.12. The van der Waals surface area contributed by atoms with Crippen LogP contribution in [0.25, 0.3) is 6.08 Å². The van der Waals surface area contributed by atoms with Gasteiger partial charge >= 0.3 is 6.03 Å². The molecule has 1 aliphatic rings. The number of anilines is 2. The van der Waals surface area contributed by atoms with E-state index in [0.717, 1.165) is 10.5 Å². The summed E-state index contributed by atoms with van der Waals surface area (Å²) < 4.78 is 19.0. The molecule has 0 unspecified atom stereocenters. The number of imide groups is 1. The van der Waals surface area contributed by atoms with E-state index < -0.39 is 36.1 Å². The molecule has 3 N–H and O–H groups in total. The molecule has 5 amide bonds. The lowest BCUT2D eigenvalue weighted by Crippen LogP contribution is -2.38. The van der Waals surface area contributed by atoms with E-state index in [4.69, 9.17) is 4.74 Å². The summed E-state index contributed by atoms with van der Waals surface area (Å²) in [6, 6.07) is 16.7. The lowest BCUT2D eigenvalue weighted by atomic mass is 10.2. The molecule has 1 aliphatic heterocycles. The third-order valence-corrected chi connectivity index (χ3v) is 5.94. The van der Waals surface area contributed by atoms with Gasteiger partial charge < -0.3 is 20.7 Å². The van der Waals surface area contributed by atoms with Gasteiger partial charge in [0.05, 0.1) is 4.47 Å². The normalized spacial score (nSPS) is 13.9. The van der Waals surface area contributed by atoms with Crippen LogP contribution < -0.4 is 20.7 Å². The summed E-state index contributed by atoms with van der Waals surface area (Å²) >= 11 is 3.37. The highest BCUT2D eigenvalue weighted by Gasteiger charge is 2.35. The fourth-order valence-corrected chi connectivity index (χ4v) is 4.06. The van der Waals surface area contributed by atoms with Crippen LogP contribution >= 0.6 is 15.9 Å². The van der Waals surface area contributed by atoms with Gasteiger partial charge in [0, 0.05) is 11.4 Å². The summed E-state index contributed by atoms with van der Waals surface area (Å²) in [4.78, 5) is 50.4. The van der Waals surface area contributed by atoms with Crippen LogP contribution in [0.1, 0.15) is 11.1 Å². The Morgan fingerprint density at radius 3 is 2.45 bits per heavy atom. The van der Waals surface area contributed by atoms with Crippen LogP contribution in [0.3, 0.4) is 0 Å². The number of carbonyl (C=O) groups excluding carboxylic acids is 4. The van der Waals surface area contributed by atoms with Gasteiger partial charge in [-0.1, -0.05) is 18.2 Å². The fraction of sp³-hybridized carbons (Fsp3) is 0.111. The van der Waals surface area contributed by atoms with Gasteiger partial charge in [-0.25, -0.2) is 14.1 Å². The van der Waals surface area contributed by atoms with Crippen molar-refractivity contribution in [3.05, 3.63) is 93.8 Å². The molecule has 3 aromatic rings. The van der Waals surface area contributed by atoms with Crippen molar-refractivity contribution in [1.82, 2.24) is 10.2 Å². The molecule has 0 aliphatic carbocycles. The molecule has 0 saturated carbocycles. The highest BCUT2D eigenvalue weighted by atomic mass is 79.9. The number of aryl methyl sites for hydroxylation is 1. The third-order valence-electron chi connectivity index (χ3n) is 5.32. The van der Waals surface area contributed by atoms with E-state index in [2.05, 4.69) is 31.9 Å². The van der Waals surface area contributed by atoms with E-state index in [9.17, 15) is 23.6 Å². The molecule has 1 heterocycles. The standard InChI is InChI=1S/C27H22BrFN4O5/c1-16-3-2-4-20(11-16)31-24(34)14-33-26(36)22(32-27(33)37)13-17-5-10-23(21(28)12-17)38-15-25(35)30-19-8-6-18(29)7-9-19/h2-13H,14-15H2,1H3,(H,30,35)(H,31,34)(H,32,37)/b22-13+. The van der Waals surface area contributed by atoms with Gasteiger partial charge in [0.15, 0.2) is 6.61 Å². The van der Waals surface area contributed by atoms with Crippen LogP contribution in [0.15, 0.2) is 76.9 Å². The average molecular weight is 581 g/mol. The first kappa shape index (κ1) is 26.6. The van der Waals surface area contributed by atoms with Gasteiger partial charge in [-0.05, 0) is 88.6 Å². The molecule has 38 heavy (non-hydrogen) atoms. The number of nitrogens with zero attached hydrogens (tertiary/aromatic N) is 1. The van der Waals surface area contributed by atoms with Crippen molar-refractivity contribution in [2.45, 2.75) is 6.92 Å². The Kier molecular flexibility index (Phi) is 8.17. The zero-order chi connectivity index (χ0) is 27.2. The lowest BCUT2D eigenvalue weighted by molar-refractivity contribution is -0.127. The molecule has 3 aromatic carbocycles. The molecule has 0 radical (unpaired) electrons. The monoisotopic (exact) mass is 580 g/mol. The van der Waals surface area contributed by atoms with Gasteiger partial charge in [-0.2, -0.15) is 0 Å². The van der Waals surface area contributed by atoms with E-state index in [1.165, 1.54) is 30.3 Å². The first-order valence-corrected chi connectivity index (χ1v) is 12.2. The van der Waals surface area contributed by atoms with Crippen LogP contribution in [0.4, 0.5) is 20.6 Å². The first-order chi connectivity index (χ1) is 18.2. The number of hydrogen-bond acceptors (Lipinski definition) is 5. The van der Waals surface area contributed by atoms with Crippen LogP contribution in [-0.4, -0.2) is 41.8 Å². The molecular weight excluding hydrogens is 559 g/mol. The van der Waals surface area contributed by atoms with Gasteiger partial charge in [0.1, 0.15) is 23.8 Å². The second-order valence-electron chi connectivity index (χ2n) is 8.33. The van der Waals surface area contributed by atoms with Crippen LogP contribution in [0.5, 0.6) is 5.75 Å². The molecule has 1 fully saturated rings. The van der Waals surface area contributed by atoms with E-state index in [1.807, 2.05) is 13.0 Å². The molecule has 0 atom stereocenters. The third kappa shape index (κ3) is 6.83. The maximum Gasteiger partial charge on any atom is 0.329 e. The zero-order valence-corrected chi connectivity index (χ0v) is 21.7. The summed E-state index contributed by atoms with van der Waals surface area (Å²) in [5, 5.41) is 7.74. The average Bonchev–Trinajstić information content (AvgIpc) is 3.12. The van der Waals surface area contributed by atoms with Crippen molar-refractivity contribution >= 4 is 57.1 Å². The molecule has 9 nitrogen and oxygen atoms in total. The number of hydrogen-bond donors (Lipinski definition) is 3. The number of ether oxygens (including phenoxy) is 1. The number of carbonyl (C=O) groups is 4. The minimum absolute atomic E-state index is 0.0117. The Balaban J connectivity index is 1.34. The Hall–Kier alpha value is -4.51. The Morgan fingerprint density at radius 2 is 1.74 bits per heavy atom. The number of halogens is 2. The molecule has 194 valence electrons. The minimum atomic E-state index is -0.702. The highest BCUT2D eigenvalue weighted by molar-refractivity contribution is 9.10. The molecule has 1 saturated heterocycles. The number of benzene rings is 3. The summed E-state index contributed by atoms with van der Waals surface area (Å²) in [5.41, 5.74) is 2.54. The number of amides is 5. The van der Waals surface area contributed by atoms with E-state index in [-0.39, 0.29) is 12.3 Å². The number of urea groups is 1. The summed E-state index contributed by atoms with van der Waals surface area (Å²) in [6.07, 6.45) is 1.47. The van der Waals surface area contributed by atoms with Crippen molar-refractivity contribution in [2.75, 3.05) is 23.8 Å². The first-order valence-electron chi connectivity index (χ1n) is 11.4. The van der Waals surface area contributed by atoms with E-state index in [0.29, 0.717) is 27.2 Å². The Morgan fingerprint density at radius 1 is 1.00 bits per heavy atom. The predicted molar refractivity (Wildman–Crippen MR) is 143 cm³/mol. The SMILES string of the molecule is Cc1cccc(NC(=O)CN2C(=O)N/C(=C/c3ccc(OCC(=O)Nc4ccc(F)cc4)c(Br)c3)C2=O)c1. The molecule has 0 bridgehead atoms. The van der Waals surface area contributed by atoms with Crippen molar-refractivity contribution in [3.63, 3.8) is 0 Å². The van der Waals surface area contributed by atoms with Crippen molar-refractivity contribution in [2.24, 2.45) is 0 Å². The Labute approximate surface area is 225 Å². The summed E-state index contributed by atoms with van der Waals surface area (Å²) in [5.74, 6) is -1.61. The smallest absolute Gasteiger partial charge is 0.329 e. The van der Waals surface area contributed by atoms with Gasteiger partial charge in [0.25, 0.3) is 11.8 Å². The molecule has 0 aromatic heterocycles. The summed E-state index contributed by atoms with van der Waals surface area (Å²) in [7, 11) is 0. The topological polar surface area (TPSA) is 117 Å². The number of rotatable bonds is 8. The fourth-order valence-electron chi connectivity index (χ4n) is 3.55. The van der Waals surface area contributed by atoms with Crippen molar-refractivity contribution in [3.8, 4) is 5.75 Å². The van der Waals surface area contributed by atoms with Crippen LogP contribution in [0.2, 0.25) is 0 Å². The van der Waals surface area contributed by atoms with E-state index >= 15 is 0 Å². The zero-order valence-electron chi connectivity index (χ0n) is 20.1. The molecular formula is C27H22BrFN4O5. The molecule has 11 heteroatoms. The summed E-state index contributed by atoms with van der Waals surface area (Å²) in [6.45, 7) is 1.16. The Bertz CT molecular complexity index is 1440. The van der Waals surface area contributed by atoms with Gasteiger partial charge in [-0.3, -0.25) is 14.4 Å². The van der Waals surface area contributed by atoms with Gasteiger partial charge in [0.2, 0.25) is 5.91 Å². The van der Waals surface area contributed by atoms with E-state index in [1.54, 1.807) is 36.4 Å². The number of nitrogens with one attached hydrogen (secondary N) is 3.